The van der Waals surface area contributed by atoms with Crippen LogP contribution in [0, 0.1) is 11.8 Å². The molecule has 1 N–H and O–H groups in total. The fourth-order valence-corrected chi connectivity index (χ4v) is 5.55. The van der Waals surface area contributed by atoms with E-state index in [2.05, 4.69) is 19.2 Å². The Hall–Kier alpha value is -0.130. The van der Waals surface area contributed by atoms with Crippen LogP contribution in [0.5, 0.6) is 0 Å². The van der Waals surface area contributed by atoms with Crippen LogP contribution in [0.2, 0.25) is 0 Å². The van der Waals surface area contributed by atoms with Crippen LogP contribution in [0.3, 0.4) is 0 Å². The van der Waals surface area contributed by atoms with E-state index in [-0.39, 0.29) is 5.25 Å². The second-order valence-electron chi connectivity index (χ2n) is 6.87. The number of sulfonamides is 1. The average Bonchev–Trinajstić information content (AvgIpc) is 2.93. The van der Waals surface area contributed by atoms with Crippen LogP contribution in [0.4, 0.5) is 0 Å². The molecule has 1 unspecified atom stereocenters. The lowest BCUT2D eigenvalue weighted by Crippen LogP contribution is -2.46. The van der Waals surface area contributed by atoms with Crippen molar-refractivity contribution in [3.8, 4) is 0 Å². The molecule has 20 heavy (non-hydrogen) atoms. The van der Waals surface area contributed by atoms with Gasteiger partial charge in [-0.25, -0.2) is 12.7 Å². The third kappa shape index (κ3) is 4.18. The number of piperidine rings is 1. The molecule has 118 valence electrons. The van der Waals surface area contributed by atoms with Gasteiger partial charge in [0.05, 0.1) is 5.25 Å². The SMILES string of the molecule is CC(C)CNCC1CCCN(S(=O)(=O)C2CCCC2)C1. The first-order valence-corrected chi connectivity index (χ1v) is 9.70. The molecule has 5 heteroatoms. The minimum absolute atomic E-state index is 0.0927. The van der Waals surface area contributed by atoms with Crippen molar-refractivity contribution >= 4 is 10.0 Å². The lowest BCUT2D eigenvalue weighted by atomic mass is 9.99. The van der Waals surface area contributed by atoms with Gasteiger partial charge in [-0.1, -0.05) is 26.7 Å². The summed E-state index contributed by atoms with van der Waals surface area (Å²) in [7, 11) is -3.03. The zero-order valence-electron chi connectivity index (χ0n) is 13.0. The molecule has 0 bridgehead atoms. The van der Waals surface area contributed by atoms with Gasteiger partial charge in [-0.3, -0.25) is 0 Å². The van der Waals surface area contributed by atoms with E-state index in [0.717, 1.165) is 64.7 Å². The molecule has 1 aliphatic heterocycles. The van der Waals surface area contributed by atoms with Gasteiger partial charge in [-0.2, -0.15) is 0 Å². The molecule has 1 saturated heterocycles. The highest BCUT2D eigenvalue weighted by Gasteiger charge is 2.36. The fraction of sp³-hybridized carbons (Fsp3) is 1.00. The molecule has 0 amide bonds. The monoisotopic (exact) mass is 302 g/mol. The minimum atomic E-state index is -3.03. The maximum atomic E-state index is 12.6. The summed E-state index contributed by atoms with van der Waals surface area (Å²) < 4.78 is 27.0. The summed E-state index contributed by atoms with van der Waals surface area (Å²) in [6.07, 6.45) is 6.07. The molecule has 1 heterocycles. The quantitative estimate of drug-likeness (QED) is 0.818. The van der Waals surface area contributed by atoms with E-state index in [0.29, 0.717) is 11.8 Å². The van der Waals surface area contributed by atoms with Gasteiger partial charge < -0.3 is 5.32 Å². The molecular formula is C15H30N2O2S. The number of rotatable bonds is 6. The smallest absolute Gasteiger partial charge is 0.216 e. The van der Waals surface area contributed by atoms with Gasteiger partial charge in [0.25, 0.3) is 0 Å². The van der Waals surface area contributed by atoms with Crippen LogP contribution < -0.4 is 5.32 Å². The van der Waals surface area contributed by atoms with Gasteiger partial charge in [0, 0.05) is 13.1 Å². The Kier molecular flexibility index (Phi) is 5.87. The van der Waals surface area contributed by atoms with Crippen LogP contribution in [0.25, 0.3) is 0 Å². The highest BCUT2D eigenvalue weighted by atomic mass is 32.2. The van der Waals surface area contributed by atoms with Crippen molar-refractivity contribution in [2.45, 2.75) is 57.6 Å². The van der Waals surface area contributed by atoms with E-state index in [9.17, 15) is 8.42 Å². The Labute approximate surface area is 124 Å². The zero-order valence-corrected chi connectivity index (χ0v) is 13.8. The van der Waals surface area contributed by atoms with Crippen molar-refractivity contribution < 1.29 is 8.42 Å². The molecule has 4 nitrogen and oxygen atoms in total. The first-order valence-electron chi connectivity index (χ1n) is 8.20. The van der Waals surface area contributed by atoms with E-state index < -0.39 is 10.0 Å². The summed E-state index contributed by atoms with van der Waals surface area (Å²) in [5, 5.41) is 3.38. The van der Waals surface area contributed by atoms with Crippen molar-refractivity contribution in [3.05, 3.63) is 0 Å². The first-order chi connectivity index (χ1) is 9.50. The highest BCUT2D eigenvalue weighted by Crippen LogP contribution is 2.29. The van der Waals surface area contributed by atoms with Crippen LogP contribution >= 0.6 is 0 Å². The molecule has 1 atom stereocenters. The third-order valence-corrected chi connectivity index (χ3v) is 6.92. The van der Waals surface area contributed by atoms with Crippen LogP contribution in [-0.2, 0) is 10.0 Å². The largest absolute Gasteiger partial charge is 0.316 e. The van der Waals surface area contributed by atoms with E-state index in [1.165, 1.54) is 0 Å². The number of hydrogen-bond acceptors (Lipinski definition) is 3. The molecule has 2 fully saturated rings. The third-order valence-electron chi connectivity index (χ3n) is 4.55. The second kappa shape index (κ2) is 7.23. The number of nitrogens with one attached hydrogen (secondary N) is 1. The Bertz CT molecular complexity index is 389. The Morgan fingerprint density at radius 2 is 1.85 bits per heavy atom. The topological polar surface area (TPSA) is 49.4 Å². The standard InChI is InChI=1S/C15H30N2O2S/c1-13(2)10-16-11-14-6-5-9-17(12-14)20(18,19)15-7-3-4-8-15/h13-16H,3-12H2,1-2H3. The summed E-state index contributed by atoms with van der Waals surface area (Å²) in [6.45, 7) is 7.83. The maximum absolute atomic E-state index is 12.6. The molecule has 0 aromatic heterocycles. The average molecular weight is 302 g/mol. The van der Waals surface area contributed by atoms with Crippen LogP contribution in [0.1, 0.15) is 52.4 Å². The van der Waals surface area contributed by atoms with E-state index >= 15 is 0 Å². The molecule has 0 radical (unpaired) electrons. The fourth-order valence-electron chi connectivity index (χ4n) is 3.40. The summed E-state index contributed by atoms with van der Waals surface area (Å²) in [5.41, 5.74) is 0. The van der Waals surface area contributed by atoms with Crippen LogP contribution in [-0.4, -0.2) is 44.2 Å². The van der Waals surface area contributed by atoms with Gasteiger partial charge in [0.1, 0.15) is 0 Å². The Morgan fingerprint density at radius 1 is 1.15 bits per heavy atom. The molecule has 2 aliphatic rings. The predicted molar refractivity (Wildman–Crippen MR) is 83.2 cm³/mol. The number of nitrogens with zero attached hydrogens (tertiary/aromatic N) is 1. The lowest BCUT2D eigenvalue weighted by molar-refractivity contribution is 0.256. The Balaban J connectivity index is 1.86. The summed E-state index contributed by atoms with van der Waals surface area (Å²) in [5.74, 6) is 1.13. The molecular weight excluding hydrogens is 272 g/mol. The molecule has 2 rings (SSSR count). The van der Waals surface area contributed by atoms with Crippen molar-refractivity contribution in [2.24, 2.45) is 11.8 Å². The molecule has 0 aromatic rings. The molecule has 0 spiro atoms. The highest BCUT2D eigenvalue weighted by molar-refractivity contribution is 7.89. The van der Waals surface area contributed by atoms with Crippen molar-refractivity contribution in [2.75, 3.05) is 26.2 Å². The zero-order chi connectivity index (χ0) is 14.6. The second-order valence-corrected chi connectivity index (χ2v) is 9.08. The lowest BCUT2D eigenvalue weighted by Gasteiger charge is -2.34. The summed E-state index contributed by atoms with van der Waals surface area (Å²) in [6, 6.07) is 0. The van der Waals surface area contributed by atoms with Gasteiger partial charge in [0.15, 0.2) is 0 Å². The summed E-state index contributed by atoms with van der Waals surface area (Å²) in [4.78, 5) is 0. The summed E-state index contributed by atoms with van der Waals surface area (Å²) >= 11 is 0. The Morgan fingerprint density at radius 3 is 2.50 bits per heavy atom. The van der Waals surface area contributed by atoms with E-state index in [1.54, 1.807) is 4.31 Å². The van der Waals surface area contributed by atoms with Gasteiger partial charge >= 0.3 is 0 Å². The normalized spacial score (nSPS) is 26.4. The van der Waals surface area contributed by atoms with E-state index in [4.69, 9.17) is 0 Å². The predicted octanol–water partition coefficient (Wildman–Crippen LogP) is 2.22. The minimum Gasteiger partial charge on any atom is -0.316 e. The first kappa shape index (κ1) is 16.2. The molecule has 0 aromatic carbocycles. The van der Waals surface area contributed by atoms with Gasteiger partial charge in [0.2, 0.25) is 10.0 Å². The molecule has 1 aliphatic carbocycles. The van der Waals surface area contributed by atoms with Crippen LogP contribution in [0.15, 0.2) is 0 Å². The maximum Gasteiger partial charge on any atom is 0.216 e. The number of hydrogen-bond donors (Lipinski definition) is 1. The van der Waals surface area contributed by atoms with Crippen molar-refractivity contribution in [3.63, 3.8) is 0 Å². The van der Waals surface area contributed by atoms with Gasteiger partial charge in [-0.05, 0) is 50.6 Å². The van der Waals surface area contributed by atoms with Gasteiger partial charge in [-0.15, -0.1) is 0 Å². The molecule has 1 saturated carbocycles. The van der Waals surface area contributed by atoms with Crippen molar-refractivity contribution in [1.82, 2.24) is 9.62 Å². The van der Waals surface area contributed by atoms with E-state index in [1.807, 2.05) is 0 Å². The van der Waals surface area contributed by atoms with Crippen molar-refractivity contribution in [1.29, 1.82) is 0 Å².